The van der Waals surface area contributed by atoms with Crippen molar-refractivity contribution in [1.82, 2.24) is 5.32 Å². The Balaban J connectivity index is 2.79. The molecule has 1 rings (SSSR count). The number of alkyl halides is 3. The SMILES string of the molecule is CCCC(CC)NC(C)c1cccc(C(F)(F)F)c1. The lowest BCUT2D eigenvalue weighted by Crippen LogP contribution is -2.31. The standard InChI is InChI=1S/C15H22F3N/c1-4-7-14(5-2)19-11(3)12-8-6-9-13(10-12)15(16,17)18/h6,8-11,14,19H,4-5,7H2,1-3H3. The van der Waals surface area contributed by atoms with E-state index in [4.69, 9.17) is 0 Å². The second kappa shape index (κ2) is 6.94. The zero-order valence-electron chi connectivity index (χ0n) is 11.7. The molecule has 0 saturated heterocycles. The van der Waals surface area contributed by atoms with Gasteiger partial charge < -0.3 is 5.32 Å². The Morgan fingerprint density at radius 1 is 1.21 bits per heavy atom. The summed E-state index contributed by atoms with van der Waals surface area (Å²) < 4.78 is 38.0. The first-order valence-electron chi connectivity index (χ1n) is 6.81. The van der Waals surface area contributed by atoms with Crippen LogP contribution in [0.5, 0.6) is 0 Å². The highest BCUT2D eigenvalue weighted by Crippen LogP contribution is 2.30. The highest BCUT2D eigenvalue weighted by molar-refractivity contribution is 5.27. The summed E-state index contributed by atoms with van der Waals surface area (Å²) >= 11 is 0. The monoisotopic (exact) mass is 273 g/mol. The number of nitrogens with one attached hydrogen (secondary N) is 1. The maximum absolute atomic E-state index is 12.7. The van der Waals surface area contributed by atoms with Gasteiger partial charge in [0.05, 0.1) is 5.56 Å². The maximum Gasteiger partial charge on any atom is 0.416 e. The molecule has 0 aromatic heterocycles. The molecule has 1 aromatic rings. The van der Waals surface area contributed by atoms with E-state index in [1.807, 2.05) is 6.92 Å². The molecular weight excluding hydrogens is 251 g/mol. The minimum atomic E-state index is -4.27. The Kier molecular flexibility index (Phi) is 5.85. The van der Waals surface area contributed by atoms with E-state index in [-0.39, 0.29) is 6.04 Å². The Hall–Kier alpha value is -1.03. The lowest BCUT2D eigenvalue weighted by Gasteiger charge is -2.23. The highest BCUT2D eigenvalue weighted by Gasteiger charge is 2.30. The normalized spacial score (nSPS) is 15.3. The van der Waals surface area contributed by atoms with Crippen LogP contribution in [0.3, 0.4) is 0 Å². The second-order valence-electron chi connectivity index (χ2n) is 4.91. The number of halogens is 3. The quantitative estimate of drug-likeness (QED) is 0.774. The van der Waals surface area contributed by atoms with Gasteiger partial charge in [-0.1, -0.05) is 32.4 Å². The van der Waals surface area contributed by atoms with E-state index in [0.29, 0.717) is 11.6 Å². The molecule has 2 unspecified atom stereocenters. The van der Waals surface area contributed by atoms with E-state index in [1.165, 1.54) is 12.1 Å². The molecular formula is C15H22F3N. The van der Waals surface area contributed by atoms with Gasteiger partial charge in [-0.15, -0.1) is 0 Å². The molecule has 0 spiro atoms. The number of hydrogen-bond donors (Lipinski definition) is 1. The fraction of sp³-hybridized carbons (Fsp3) is 0.600. The molecule has 0 aliphatic carbocycles. The zero-order chi connectivity index (χ0) is 14.5. The molecule has 1 nitrogen and oxygen atoms in total. The predicted molar refractivity (Wildman–Crippen MR) is 72.0 cm³/mol. The third kappa shape index (κ3) is 4.86. The fourth-order valence-electron chi connectivity index (χ4n) is 2.19. The number of benzene rings is 1. The molecule has 2 atom stereocenters. The Morgan fingerprint density at radius 3 is 2.42 bits per heavy atom. The van der Waals surface area contributed by atoms with E-state index >= 15 is 0 Å². The Morgan fingerprint density at radius 2 is 1.89 bits per heavy atom. The van der Waals surface area contributed by atoms with Crippen molar-refractivity contribution in [2.45, 2.75) is 58.3 Å². The largest absolute Gasteiger partial charge is 0.416 e. The molecule has 0 heterocycles. The van der Waals surface area contributed by atoms with E-state index in [0.717, 1.165) is 25.3 Å². The molecule has 0 aliphatic heterocycles. The molecule has 0 fully saturated rings. The third-order valence-electron chi connectivity index (χ3n) is 3.33. The Labute approximate surface area is 113 Å². The van der Waals surface area contributed by atoms with E-state index in [9.17, 15) is 13.2 Å². The van der Waals surface area contributed by atoms with Crippen molar-refractivity contribution in [3.63, 3.8) is 0 Å². The van der Waals surface area contributed by atoms with E-state index in [2.05, 4.69) is 19.2 Å². The topological polar surface area (TPSA) is 12.0 Å². The van der Waals surface area contributed by atoms with Crippen LogP contribution in [0.4, 0.5) is 13.2 Å². The van der Waals surface area contributed by atoms with Crippen molar-refractivity contribution < 1.29 is 13.2 Å². The summed E-state index contributed by atoms with van der Waals surface area (Å²) in [5, 5.41) is 3.40. The minimum Gasteiger partial charge on any atom is -0.307 e. The van der Waals surface area contributed by atoms with Gasteiger partial charge in [-0.3, -0.25) is 0 Å². The lowest BCUT2D eigenvalue weighted by molar-refractivity contribution is -0.137. The molecule has 0 saturated carbocycles. The summed E-state index contributed by atoms with van der Waals surface area (Å²) in [7, 11) is 0. The van der Waals surface area contributed by atoms with E-state index in [1.54, 1.807) is 6.07 Å². The molecule has 108 valence electrons. The molecule has 19 heavy (non-hydrogen) atoms. The molecule has 0 radical (unpaired) electrons. The molecule has 1 N–H and O–H groups in total. The number of hydrogen-bond acceptors (Lipinski definition) is 1. The molecule has 0 bridgehead atoms. The van der Waals surface area contributed by atoms with Crippen molar-refractivity contribution in [3.05, 3.63) is 35.4 Å². The summed E-state index contributed by atoms with van der Waals surface area (Å²) in [4.78, 5) is 0. The maximum atomic E-state index is 12.7. The van der Waals surface area contributed by atoms with Crippen molar-refractivity contribution in [3.8, 4) is 0 Å². The first-order chi connectivity index (χ1) is 8.88. The summed E-state index contributed by atoms with van der Waals surface area (Å²) in [6.07, 6.45) is -1.18. The zero-order valence-corrected chi connectivity index (χ0v) is 11.7. The average molecular weight is 273 g/mol. The van der Waals surface area contributed by atoms with Gasteiger partial charge in [-0.05, 0) is 37.5 Å². The van der Waals surface area contributed by atoms with Crippen LogP contribution in [0.25, 0.3) is 0 Å². The van der Waals surface area contributed by atoms with Crippen LogP contribution in [0.2, 0.25) is 0 Å². The summed E-state index contributed by atoms with van der Waals surface area (Å²) in [6.45, 7) is 6.11. The van der Waals surface area contributed by atoms with Crippen molar-refractivity contribution in [1.29, 1.82) is 0 Å². The fourth-order valence-corrected chi connectivity index (χ4v) is 2.19. The average Bonchev–Trinajstić information content (AvgIpc) is 2.37. The molecule has 0 amide bonds. The molecule has 1 aromatic carbocycles. The van der Waals surface area contributed by atoms with Gasteiger partial charge in [-0.25, -0.2) is 0 Å². The van der Waals surface area contributed by atoms with Crippen LogP contribution in [0.15, 0.2) is 24.3 Å². The van der Waals surface area contributed by atoms with Crippen LogP contribution < -0.4 is 5.32 Å². The summed E-state index contributed by atoms with van der Waals surface area (Å²) in [5.41, 5.74) is 0.103. The van der Waals surface area contributed by atoms with Gasteiger partial charge in [0.2, 0.25) is 0 Å². The minimum absolute atomic E-state index is 0.0706. The second-order valence-corrected chi connectivity index (χ2v) is 4.91. The smallest absolute Gasteiger partial charge is 0.307 e. The first-order valence-corrected chi connectivity index (χ1v) is 6.81. The Bertz CT molecular complexity index is 387. The van der Waals surface area contributed by atoms with Crippen LogP contribution in [-0.4, -0.2) is 6.04 Å². The first kappa shape index (κ1) is 16.0. The van der Waals surface area contributed by atoms with Crippen LogP contribution >= 0.6 is 0 Å². The van der Waals surface area contributed by atoms with E-state index < -0.39 is 11.7 Å². The highest BCUT2D eigenvalue weighted by atomic mass is 19.4. The van der Waals surface area contributed by atoms with Crippen molar-refractivity contribution >= 4 is 0 Å². The van der Waals surface area contributed by atoms with Gasteiger partial charge >= 0.3 is 6.18 Å². The van der Waals surface area contributed by atoms with Gasteiger partial charge in [0, 0.05) is 12.1 Å². The third-order valence-corrected chi connectivity index (χ3v) is 3.33. The van der Waals surface area contributed by atoms with Gasteiger partial charge in [-0.2, -0.15) is 13.2 Å². The number of rotatable bonds is 6. The predicted octanol–water partition coefficient (Wildman–Crippen LogP) is 4.93. The van der Waals surface area contributed by atoms with Crippen LogP contribution in [0.1, 0.15) is 57.2 Å². The van der Waals surface area contributed by atoms with Crippen molar-refractivity contribution in [2.75, 3.05) is 0 Å². The summed E-state index contributed by atoms with van der Waals surface area (Å²) in [5.74, 6) is 0. The molecule has 0 aliphatic rings. The van der Waals surface area contributed by atoms with Gasteiger partial charge in [0.25, 0.3) is 0 Å². The summed E-state index contributed by atoms with van der Waals surface area (Å²) in [6, 6.07) is 5.84. The van der Waals surface area contributed by atoms with Gasteiger partial charge in [0.15, 0.2) is 0 Å². The van der Waals surface area contributed by atoms with Gasteiger partial charge in [0.1, 0.15) is 0 Å². The van der Waals surface area contributed by atoms with Crippen molar-refractivity contribution in [2.24, 2.45) is 0 Å². The lowest BCUT2D eigenvalue weighted by atomic mass is 10.0. The van der Waals surface area contributed by atoms with Crippen LogP contribution in [0, 0.1) is 0 Å². The molecule has 4 heteroatoms. The van der Waals surface area contributed by atoms with Crippen LogP contribution in [-0.2, 0) is 6.18 Å².